The van der Waals surface area contributed by atoms with E-state index in [-0.39, 0.29) is 5.57 Å². The third-order valence-electron chi connectivity index (χ3n) is 0.932. The first-order valence-electron chi connectivity index (χ1n) is 3.38. The third kappa shape index (κ3) is 6.48. The second kappa shape index (κ2) is 6.09. The normalized spacial score (nSPS) is 7.75. The Morgan fingerprint density at radius 2 is 1.75 bits per heavy atom. The van der Waals surface area contributed by atoms with Gasteiger partial charge in [0, 0.05) is 18.0 Å². The zero-order valence-corrected chi connectivity index (χ0v) is 6.90. The molecular formula is C9H11NO2. The molecule has 0 spiro atoms. The van der Waals surface area contributed by atoms with Gasteiger partial charge in [0.05, 0.1) is 0 Å². The zero-order valence-electron chi connectivity index (χ0n) is 6.90. The van der Waals surface area contributed by atoms with Gasteiger partial charge in [0.25, 0.3) is 0 Å². The summed E-state index contributed by atoms with van der Waals surface area (Å²) >= 11 is 0. The third-order valence-corrected chi connectivity index (χ3v) is 0.932. The number of aliphatic carboxylic acids is 1. The van der Waals surface area contributed by atoms with Crippen molar-refractivity contribution in [2.24, 2.45) is 0 Å². The smallest absolute Gasteiger partial charge is 0.330 e. The topological polar surface area (TPSA) is 50.2 Å². The van der Waals surface area contributed by atoms with Crippen LogP contribution in [0.15, 0.2) is 42.7 Å². The maximum Gasteiger partial charge on any atom is 0.330 e. The Morgan fingerprint density at radius 3 is 1.83 bits per heavy atom. The Hall–Kier alpha value is -1.64. The summed E-state index contributed by atoms with van der Waals surface area (Å²) in [6.07, 6.45) is 3.50. The van der Waals surface area contributed by atoms with Crippen LogP contribution in [-0.4, -0.2) is 16.1 Å². The van der Waals surface area contributed by atoms with Gasteiger partial charge in [-0.15, -0.1) is 0 Å². The fourth-order valence-corrected chi connectivity index (χ4v) is 0.313. The van der Waals surface area contributed by atoms with Crippen LogP contribution in [0.1, 0.15) is 6.92 Å². The Balaban J connectivity index is 0.000000202. The maximum atomic E-state index is 9.60. The average Bonchev–Trinajstić information content (AvgIpc) is 2.08. The zero-order chi connectivity index (χ0) is 9.40. The monoisotopic (exact) mass is 165 g/mol. The largest absolute Gasteiger partial charge is 0.478 e. The number of hydrogen-bond acceptors (Lipinski definition) is 2. The van der Waals surface area contributed by atoms with Crippen molar-refractivity contribution >= 4 is 5.97 Å². The molecule has 1 heterocycles. The highest BCUT2D eigenvalue weighted by Gasteiger charge is 1.90. The van der Waals surface area contributed by atoms with E-state index in [0.29, 0.717) is 0 Å². The molecule has 0 aliphatic rings. The molecule has 0 aromatic carbocycles. The lowest BCUT2D eigenvalue weighted by Gasteiger charge is -1.79. The summed E-state index contributed by atoms with van der Waals surface area (Å²) in [6.45, 7) is 4.60. The van der Waals surface area contributed by atoms with Crippen LogP contribution in [0.5, 0.6) is 0 Å². The molecule has 0 aliphatic heterocycles. The SMILES string of the molecule is C=C(C)C(=O)O.c1ccncc1. The van der Waals surface area contributed by atoms with Gasteiger partial charge in [0.1, 0.15) is 0 Å². The van der Waals surface area contributed by atoms with Gasteiger partial charge in [-0.05, 0) is 19.1 Å². The lowest BCUT2D eigenvalue weighted by molar-refractivity contribution is -0.132. The highest BCUT2D eigenvalue weighted by molar-refractivity contribution is 5.84. The molecule has 3 heteroatoms. The van der Waals surface area contributed by atoms with Crippen LogP contribution in [0.2, 0.25) is 0 Å². The van der Waals surface area contributed by atoms with Crippen molar-refractivity contribution in [3.05, 3.63) is 42.7 Å². The van der Waals surface area contributed by atoms with E-state index < -0.39 is 5.97 Å². The fourth-order valence-electron chi connectivity index (χ4n) is 0.313. The average molecular weight is 165 g/mol. The molecule has 3 nitrogen and oxygen atoms in total. The summed E-state index contributed by atoms with van der Waals surface area (Å²) in [5.41, 5.74) is 0.176. The number of pyridine rings is 1. The first-order chi connectivity index (χ1) is 5.64. The van der Waals surface area contributed by atoms with E-state index >= 15 is 0 Å². The Labute approximate surface area is 71.4 Å². The van der Waals surface area contributed by atoms with Gasteiger partial charge in [-0.25, -0.2) is 4.79 Å². The van der Waals surface area contributed by atoms with Crippen LogP contribution in [0, 0.1) is 0 Å². The van der Waals surface area contributed by atoms with Crippen LogP contribution >= 0.6 is 0 Å². The molecule has 0 unspecified atom stereocenters. The molecule has 64 valence electrons. The number of rotatable bonds is 1. The van der Waals surface area contributed by atoms with Crippen molar-refractivity contribution in [2.45, 2.75) is 6.92 Å². The second-order valence-electron chi connectivity index (χ2n) is 2.11. The summed E-state index contributed by atoms with van der Waals surface area (Å²) in [5.74, 6) is -0.935. The number of aromatic nitrogens is 1. The lowest BCUT2D eigenvalue weighted by Crippen LogP contribution is -1.92. The van der Waals surface area contributed by atoms with Crippen molar-refractivity contribution in [1.29, 1.82) is 0 Å². The van der Waals surface area contributed by atoms with Gasteiger partial charge in [-0.2, -0.15) is 0 Å². The van der Waals surface area contributed by atoms with E-state index in [4.69, 9.17) is 5.11 Å². The minimum atomic E-state index is -0.935. The number of carboxylic acid groups (broad SMARTS) is 1. The maximum absolute atomic E-state index is 9.60. The van der Waals surface area contributed by atoms with Gasteiger partial charge < -0.3 is 5.11 Å². The lowest BCUT2D eigenvalue weighted by atomic mass is 10.4. The van der Waals surface area contributed by atoms with Gasteiger partial charge in [0.15, 0.2) is 0 Å². The molecule has 0 radical (unpaired) electrons. The number of nitrogens with zero attached hydrogens (tertiary/aromatic N) is 1. The molecule has 0 amide bonds. The fraction of sp³-hybridized carbons (Fsp3) is 0.111. The quantitative estimate of drug-likeness (QED) is 0.644. The van der Waals surface area contributed by atoms with Crippen LogP contribution in [0.25, 0.3) is 0 Å². The van der Waals surface area contributed by atoms with E-state index in [2.05, 4.69) is 11.6 Å². The summed E-state index contributed by atoms with van der Waals surface area (Å²) in [4.78, 5) is 13.4. The van der Waals surface area contributed by atoms with E-state index in [1.54, 1.807) is 12.4 Å². The van der Waals surface area contributed by atoms with E-state index in [1.807, 2.05) is 18.2 Å². The number of carboxylic acids is 1. The first-order valence-corrected chi connectivity index (χ1v) is 3.38. The Bertz CT molecular complexity index is 205. The Kier molecular flexibility index (Phi) is 5.26. The first kappa shape index (κ1) is 10.4. The predicted octanol–water partition coefficient (Wildman–Crippen LogP) is 1.73. The molecule has 1 aromatic heterocycles. The van der Waals surface area contributed by atoms with Crippen molar-refractivity contribution in [1.82, 2.24) is 4.98 Å². The van der Waals surface area contributed by atoms with Crippen LogP contribution < -0.4 is 0 Å². The van der Waals surface area contributed by atoms with E-state index in [1.165, 1.54) is 6.92 Å². The minimum Gasteiger partial charge on any atom is -0.478 e. The Morgan fingerprint density at radius 1 is 1.33 bits per heavy atom. The molecule has 0 fully saturated rings. The van der Waals surface area contributed by atoms with Crippen molar-refractivity contribution < 1.29 is 9.90 Å². The van der Waals surface area contributed by atoms with Crippen molar-refractivity contribution in [2.75, 3.05) is 0 Å². The van der Waals surface area contributed by atoms with Gasteiger partial charge >= 0.3 is 5.97 Å². The molecule has 1 rings (SSSR count). The molecule has 0 bridgehead atoms. The highest BCUT2D eigenvalue weighted by atomic mass is 16.4. The molecule has 0 aliphatic carbocycles. The minimum absolute atomic E-state index is 0.176. The molecule has 0 saturated heterocycles. The highest BCUT2D eigenvalue weighted by Crippen LogP contribution is 1.81. The van der Waals surface area contributed by atoms with Crippen LogP contribution in [0.4, 0.5) is 0 Å². The summed E-state index contributed by atoms with van der Waals surface area (Å²) in [6, 6.07) is 5.72. The second-order valence-corrected chi connectivity index (χ2v) is 2.11. The van der Waals surface area contributed by atoms with Gasteiger partial charge in [-0.3, -0.25) is 4.98 Å². The van der Waals surface area contributed by atoms with Crippen LogP contribution in [-0.2, 0) is 4.79 Å². The van der Waals surface area contributed by atoms with Gasteiger partial charge in [0.2, 0.25) is 0 Å². The van der Waals surface area contributed by atoms with Crippen molar-refractivity contribution in [3.63, 3.8) is 0 Å². The van der Waals surface area contributed by atoms with Gasteiger partial charge in [-0.1, -0.05) is 12.6 Å². The van der Waals surface area contributed by atoms with E-state index in [9.17, 15) is 4.79 Å². The molecule has 0 atom stereocenters. The number of hydrogen-bond donors (Lipinski definition) is 1. The standard InChI is InChI=1S/C5H5N.C4H6O2/c1-2-4-6-5-3-1;1-3(2)4(5)6/h1-5H;1H2,2H3,(H,5,6). The number of carbonyl (C=O) groups is 1. The van der Waals surface area contributed by atoms with Crippen molar-refractivity contribution in [3.8, 4) is 0 Å². The summed E-state index contributed by atoms with van der Waals surface area (Å²) in [7, 11) is 0. The predicted molar refractivity (Wildman–Crippen MR) is 46.7 cm³/mol. The molecular weight excluding hydrogens is 154 g/mol. The molecule has 12 heavy (non-hydrogen) atoms. The summed E-state index contributed by atoms with van der Waals surface area (Å²) in [5, 5.41) is 7.89. The van der Waals surface area contributed by atoms with E-state index in [0.717, 1.165) is 0 Å². The molecule has 1 aromatic rings. The summed E-state index contributed by atoms with van der Waals surface area (Å²) < 4.78 is 0. The van der Waals surface area contributed by atoms with Crippen LogP contribution in [0.3, 0.4) is 0 Å². The molecule has 1 N–H and O–H groups in total. The molecule has 0 saturated carbocycles.